The minimum absolute atomic E-state index is 0.579. The quantitative estimate of drug-likeness (QED) is 0.912. The minimum Gasteiger partial charge on any atom is -0.384 e. The van der Waals surface area contributed by atoms with Crippen molar-refractivity contribution in [1.29, 1.82) is 0 Å². The van der Waals surface area contributed by atoms with Crippen molar-refractivity contribution in [3.8, 4) is 0 Å². The predicted molar refractivity (Wildman–Crippen MR) is 78.1 cm³/mol. The van der Waals surface area contributed by atoms with Gasteiger partial charge in [-0.1, -0.05) is 43.2 Å². The molecule has 0 spiro atoms. The second kappa shape index (κ2) is 5.08. The fourth-order valence-corrected chi connectivity index (χ4v) is 3.07. The van der Waals surface area contributed by atoms with Crippen molar-refractivity contribution in [1.82, 2.24) is 9.55 Å². The molecule has 19 heavy (non-hydrogen) atoms. The highest BCUT2D eigenvalue weighted by Crippen LogP contribution is 2.36. The van der Waals surface area contributed by atoms with Gasteiger partial charge in [-0.15, -0.1) is 0 Å². The number of benzene rings is 1. The monoisotopic (exact) mass is 255 g/mol. The van der Waals surface area contributed by atoms with Crippen molar-refractivity contribution in [2.75, 3.05) is 5.73 Å². The van der Waals surface area contributed by atoms with Crippen LogP contribution in [0.25, 0.3) is 0 Å². The number of rotatable bonds is 3. The number of imidazole rings is 1. The fourth-order valence-electron chi connectivity index (χ4n) is 3.07. The van der Waals surface area contributed by atoms with E-state index in [1.54, 1.807) is 0 Å². The average Bonchev–Trinajstić information content (AvgIpc) is 3.03. The summed E-state index contributed by atoms with van der Waals surface area (Å²) in [6.45, 7) is 2.87. The van der Waals surface area contributed by atoms with Gasteiger partial charge in [0.25, 0.3) is 0 Å². The lowest BCUT2D eigenvalue weighted by Crippen LogP contribution is -2.07. The van der Waals surface area contributed by atoms with E-state index >= 15 is 0 Å². The highest BCUT2D eigenvalue weighted by Gasteiger charge is 2.24. The molecule has 0 atom stereocenters. The van der Waals surface area contributed by atoms with Crippen molar-refractivity contribution < 1.29 is 0 Å². The molecule has 0 unspecified atom stereocenters. The van der Waals surface area contributed by atoms with Gasteiger partial charge in [0.2, 0.25) is 0 Å². The molecule has 1 aliphatic carbocycles. The number of hydrogen-bond acceptors (Lipinski definition) is 2. The van der Waals surface area contributed by atoms with E-state index in [0.717, 1.165) is 23.9 Å². The van der Waals surface area contributed by atoms with Crippen LogP contribution in [0, 0.1) is 6.92 Å². The van der Waals surface area contributed by atoms with Gasteiger partial charge in [-0.3, -0.25) is 0 Å². The van der Waals surface area contributed by atoms with Gasteiger partial charge < -0.3 is 10.3 Å². The Hall–Kier alpha value is -1.77. The minimum atomic E-state index is 0.579. The predicted octanol–water partition coefficient (Wildman–Crippen LogP) is 3.48. The van der Waals surface area contributed by atoms with E-state index in [-0.39, 0.29) is 0 Å². The molecule has 2 N–H and O–H groups in total. The van der Waals surface area contributed by atoms with E-state index in [1.807, 2.05) is 6.07 Å². The van der Waals surface area contributed by atoms with Gasteiger partial charge in [0.15, 0.2) is 0 Å². The summed E-state index contributed by atoms with van der Waals surface area (Å²) in [5, 5.41) is 0. The molecule has 3 heteroatoms. The molecule has 1 aromatic heterocycles. The zero-order chi connectivity index (χ0) is 13.2. The molecule has 1 saturated carbocycles. The van der Waals surface area contributed by atoms with Crippen LogP contribution in [0.15, 0.2) is 30.3 Å². The van der Waals surface area contributed by atoms with Crippen LogP contribution in [0.4, 0.5) is 5.82 Å². The Balaban J connectivity index is 1.89. The van der Waals surface area contributed by atoms with E-state index in [0.29, 0.717) is 5.92 Å². The van der Waals surface area contributed by atoms with Crippen LogP contribution in [0.1, 0.15) is 48.7 Å². The topological polar surface area (TPSA) is 43.8 Å². The summed E-state index contributed by atoms with van der Waals surface area (Å²) in [6.07, 6.45) is 5.11. The average molecular weight is 255 g/mol. The van der Waals surface area contributed by atoms with Crippen molar-refractivity contribution in [2.24, 2.45) is 0 Å². The van der Waals surface area contributed by atoms with Gasteiger partial charge in [0, 0.05) is 5.92 Å². The number of nitrogens with two attached hydrogens (primary N) is 1. The summed E-state index contributed by atoms with van der Waals surface area (Å²) in [6, 6.07) is 10.4. The Labute approximate surface area is 114 Å². The first-order chi connectivity index (χ1) is 9.25. The molecule has 100 valence electrons. The molecule has 1 aromatic carbocycles. The van der Waals surface area contributed by atoms with E-state index in [2.05, 4.69) is 35.8 Å². The lowest BCUT2D eigenvalue weighted by atomic mass is 10.0. The first kappa shape index (κ1) is 12.3. The normalized spacial score (nSPS) is 16.1. The first-order valence-corrected chi connectivity index (χ1v) is 7.12. The van der Waals surface area contributed by atoms with E-state index in [9.17, 15) is 0 Å². The highest BCUT2D eigenvalue weighted by molar-refractivity contribution is 5.41. The van der Waals surface area contributed by atoms with Crippen LogP contribution in [-0.2, 0) is 6.54 Å². The summed E-state index contributed by atoms with van der Waals surface area (Å²) in [4.78, 5) is 4.73. The second-order valence-electron chi connectivity index (χ2n) is 5.48. The van der Waals surface area contributed by atoms with Crippen LogP contribution in [0.2, 0.25) is 0 Å². The lowest BCUT2D eigenvalue weighted by Gasteiger charge is -2.10. The third-order valence-corrected chi connectivity index (χ3v) is 4.15. The summed E-state index contributed by atoms with van der Waals surface area (Å²) >= 11 is 0. The van der Waals surface area contributed by atoms with Crippen molar-refractivity contribution in [3.05, 3.63) is 47.4 Å². The first-order valence-electron chi connectivity index (χ1n) is 7.12. The van der Waals surface area contributed by atoms with E-state index < -0.39 is 0 Å². The zero-order valence-electron chi connectivity index (χ0n) is 11.5. The van der Waals surface area contributed by atoms with Crippen LogP contribution < -0.4 is 5.73 Å². The molecule has 3 nitrogen and oxygen atoms in total. The third kappa shape index (κ3) is 2.37. The number of hydrogen-bond donors (Lipinski definition) is 1. The Kier molecular flexibility index (Phi) is 3.28. The standard InChI is InChI=1S/C16H21N3/c1-12-18-15(14-9-5-6-10-14)16(17)19(12)11-13-7-3-2-4-8-13/h2-4,7-8,14H,5-6,9-11,17H2,1H3. The molecule has 1 heterocycles. The molecule has 0 aliphatic heterocycles. The maximum Gasteiger partial charge on any atom is 0.127 e. The fraction of sp³-hybridized carbons (Fsp3) is 0.438. The molecule has 3 rings (SSSR count). The number of aromatic nitrogens is 2. The van der Waals surface area contributed by atoms with E-state index in [4.69, 9.17) is 10.7 Å². The highest BCUT2D eigenvalue weighted by atomic mass is 15.1. The van der Waals surface area contributed by atoms with Gasteiger partial charge >= 0.3 is 0 Å². The van der Waals surface area contributed by atoms with Crippen LogP contribution in [-0.4, -0.2) is 9.55 Å². The van der Waals surface area contributed by atoms with Gasteiger partial charge in [-0.25, -0.2) is 4.98 Å². The van der Waals surface area contributed by atoms with E-state index in [1.165, 1.54) is 31.2 Å². The molecular formula is C16H21N3. The second-order valence-corrected chi connectivity index (χ2v) is 5.48. The summed E-state index contributed by atoms with van der Waals surface area (Å²) in [7, 11) is 0. The number of nitrogen functional groups attached to an aromatic ring is 1. The Bertz CT molecular complexity index is 551. The Morgan fingerprint density at radius 2 is 1.89 bits per heavy atom. The molecule has 1 fully saturated rings. The molecule has 0 saturated heterocycles. The maximum atomic E-state index is 6.33. The van der Waals surface area contributed by atoms with Gasteiger partial charge in [-0.05, 0) is 25.3 Å². The number of anilines is 1. The van der Waals surface area contributed by atoms with Gasteiger partial charge in [0.1, 0.15) is 11.6 Å². The lowest BCUT2D eigenvalue weighted by molar-refractivity contribution is 0.703. The summed E-state index contributed by atoms with van der Waals surface area (Å²) < 4.78 is 2.14. The summed E-state index contributed by atoms with van der Waals surface area (Å²) in [5.41, 5.74) is 8.73. The van der Waals surface area contributed by atoms with Gasteiger partial charge in [0.05, 0.1) is 12.2 Å². The molecular weight excluding hydrogens is 234 g/mol. The van der Waals surface area contributed by atoms with Crippen molar-refractivity contribution >= 4 is 5.82 Å². The van der Waals surface area contributed by atoms with Crippen LogP contribution >= 0.6 is 0 Å². The van der Waals surface area contributed by atoms with Crippen LogP contribution in [0.5, 0.6) is 0 Å². The third-order valence-electron chi connectivity index (χ3n) is 4.15. The van der Waals surface area contributed by atoms with Gasteiger partial charge in [-0.2, -0.15) is 0 Å². The molecule has 0 radical (unpaired) electrons. The molecule has 2 aromatic rings. The SMILES string of the molecule is Cc1nc(C2CCCC2)c(N)n1Cc1ccccc1. The smallest absolute Gasteiger partial charge is 0.127 e. The van der Waals surface area contributed by atoms with Crippen LogP contribution in [0.3, 0.4) is 0 Å². The molecule has 1 aliphatic rings. The van der Waals surface area contributed by atoms with Crippen molar-refractivity contribution in [2.45, 2.75) is 45.1 Å². The largest absolute Gasteiger partial charge is 0.384 e. The number of nitrogens with zero attached hydrogens (tertiary/aromatic N) is 2. The Morgan fingerprint density at radius 1 is 1.21 bits per heavy atom. The maximum absolute atomic E-state index is 6.33. The molecule has 0 bridgehead atoms. The zero-order valence-corrected chi connectivity index (χ0v) is 11.5. The van der Waals surface area contributed by atoms with Crippen molar-refractivity contribution in [3.63, 3.8) is 0 Å². The number of aryl methyl sites for hydroxylation is 1. The molecule has 0 amide bonds. The Morgan fingerprint density at radius 3 is 2.58 bits per heavy atom. The summed E-state index contributed by atoms with van der Waals surface area (Å²) in [5.74, 6) is 2.48.